The van der Waals surface area contributed by atoms with Crippen molar-refractivity contribution in [2.45, 2.75) is 181 Å². The average molecular weight is 1030 g/mol. The Labute approximate surface area is 432 Å². The lowest BCUT2D eigenvalue weighted by atomic mass is 9.78. The minimum Gasteiger partial charge on any atom is -0.460 e. The lowest BCUT2D eigenvalue weighted by Gasteiger charge is -2.42. The number of carbonyl (C=O) groups excluding carboxylic acids is 6. The number of fused-ring (bicyclic) bond motifs is 3. The van der Waals surface area contributed by atoms with Crippen molar-refractivity contribution in [2.24, 2.45) is 46.8 Å². The van der Waals surface area contributed by atoms with E-state index in [4.69, 9.17) is 23.7 Å². The number of nitrogens with zero attached hydrogens (tertiary/aromatic N) is 1. The SMILES string of the molecule is COC1CC2CCC(C)C(O)(O2)C(=O)C(=O)N2CCCCC2C(=O)OC(C(C)CC2CCC(OC(=O)C(C)(CO)CO)C(OC)C2)CC(=O)/C(C)=C/C(C)C(O)C(CO)C(=O)C(C)CC(C)C=CC=CC=C1C. The quantitative estimate of drug-likeness (QED) is 0.137. The number of rotatable bonds is 10. The fraction of sp³-hybridized carbons (Fsp3) is 0.750. The maximum absolute atomic E-state index is 14.5. The van der Waals surface area contributed by atoms with E-state index >= 15 is 0 Å². The van der Waals surface area contributed by atoms with Crippen LogP contribution in [0.3, 0.4) is 0 Å². The molecule has 1 aliphatic carbocycles. The molecule has 4 rings (SSSR count). The number of allylic oxidation sites excluding steroid dienone is 6. The van der Waals surface area contributed by atoms with Crippen LogP contribution < -0.4 is 0 Å². The summed E-state index contributed by atoms with van der Waals surface area (Å²) in [6.45, 7) is 12.0. The Hall–Kier alpha value is -3.94. The maximum atomic E-state index is 14.5. The first-order chi connectivity index (χ1) is 34.5. The normalized spacial score (nSPS) is 35.8. The summed E-state index contributed by atoms with van der Waals surface area (Å²) in [6, 6.07) is -1.21. The van der Waals surface area contributed by atoms with E-state index in [2.05, 4.69) is 0 Å². The number of aliphatic hydroxyl groups excluding tert-OH is 4. The molecule has 0 aromatic heterocycles. The van der Waals surface area contributed by atoms with Crippen LogP contribution in [-0.4, -0.2) is 155 Å². The molecule has 1 saturated carbocycles. The largest absolute Gasteiger partial charge is 0.460 e. The van der Waals surface area contributed by atoms with E-state index in [1.165, 1.54) is 14.0 Å². The fourth-order valence-electron chi connectivity index (χ4n) is 10.8. The highest BCUT2D eigenvalue weighted by molar-refractivity contribution is 6.39. The number of piperidine rings is 1. The summed E-state index contributed by atoms with van der Waals surface area (Å²) in [5.74, 6) is -10.7. The van der Waals surface area contributed by atoms with Crippen molar-refractivity contribution < 1.29 is 78.0 Å². The standard InChI is InChI=1S/C56H87NO16/c1-33-16-12-11-13-17-34(2)46(69-9)28-41-21-19-39(7)56(68,73-41)51(64)52(65)57-23-15-14-18-43(57)53(66)71-47(29-44(61)35(3)25-38(6)50(63)42(30-58)49(62)37(5)24-33)36(4)26-40-20-22-45(48(27-40)70-10)72-54(67)55(8,31-59)32-60/h11-13,16-17,25,33,36-43,45-48,50,58-60,63,68H,14-15,18-24,26-32H2,1-10H3/b13-11?,16-12?,34-17?,35-25+. The molecular weight excluding hydrogens is 943 g/mol. The van der Waals surface area contributed by atoms with Gasteiger partial charge in [-0.15, -0.1) is 0 Å². The number of aliphatic hydroxyl groups is 5. The fourth-order valence-corrected chi connectivity index (χ4v) is 10.8. The maximum Gasteiger partial charge on any atom is 0.329 e. The zero-order chi connectivity index (χ0) is 54.4. The Morgan fingerprint density at radius 3 is 2.23 bits per heavy atom. The van der Waals surface area contributed by atoms with Gasteiger partial charge in [0, 0.05) is 51.4 Å². The molecule has 3 heterocycles. The topological polar surface area (TPSA) is 253 Å². The van der Waals surface area contributed by atoms with Crippen molar-refractivity contribution in [1.29, 1.82) is 0 Å². The molecule has 17 heteroatoms. The summed E-state index contributed by atoms with van der Waals surface area (Å²) in [6.07, 6.45) is 10.7. The molecular formula is C56H87NO16. The van der Waals surface area contributed by atoms with Crippen LogP contribution in [-0.2, 0) is 52.5 Å². The van der Waals surface area contributed by atoms with Gasteiger partial charge in [0.15, 0.2) is 5.78 Å². The number of methoxy groups -OCH3 is 2. The van der Waals surface area contributed by atoms with Crippen molar-refractivity contribution in [1.82, 2.24) is 4.90 Å². The first-order valence-electron chi connectivity index (χ1n) is 26.5. The van der Waals surface area contributed by atoms with Gasteiger partial charge in [-0.05, 0) is 114 Å². The predicted molar refractivity (Wildman–Crippen MR) is 271 cm³/mol. The zero-order valence-corrected chi connectivity index (χ0v) is 45.0. The van der Waals surface area contributed by atoms with Gasteiger partial charge in [0.2, 0.25) is 5.79 Å². The molecule has 0 aromatic rings. The Balaban J connectivity index is 1.69. The molecule has 73 heavy (non-hydrogen) atoms. The molecule has 3 aliphatic heterocycles. The first kappa shape index (κ1) is 61.6. The van der Waals surface area contributed by atoms with Crippen LogP contribution in [0, 0.1) is 46.8 Å². The molecule has 3 fully saturated rings. The minimum atomic E-state index is -2.48. The molecule has 15 unspecified atom stereocenters. The number of Topliss-reactive ketones (excluding diaryl/α,β-unsaturated/α-hetero) is 3. The van der Waals surface area contributed by atoms with Gasteiger partial charge < -0.3 is 54.1 Å². The Kier molecular flexibility index (Phi) is 23.9. The zero-order valence-electron chi connectivity index (χ0n) is 45.0. The van der Waals surface area contributed by atoms with Gasteiger partial charge in [-0.25, -0.2) is 4.79 Å². The third-order valence-electron chi connectivity index (χ3n) is 16.0. The summed E-state index contributed by atoms with van der Waals surface area (Å²) in [5.41, 5.74) is -0.403. The number of carbonyl (C=O) groups is 6. The Morgan fingerprint density at radius 2 is 1.59 bits per heavy atom. The van der Waals surface area contributed by atoms with Crippen LogP contribution in [0.1, 0.15) is 132 Å². The van der Waals surface area contributed by atoms with Crippen molar-refractivity contribution in [3.05, 3.63) is 47.6 Å². The van der Waals surface area contributed by atoms with Crippen LogP contribution in [0.4, 0.5) is 0 Å². The Morgan fingerprint density at radius 1 is 0.890 bits per heavy atom. The van der Waals surface area contributed by atoms with Gasteiger partial charge >= 0.3 is 11.9 Å². The van der Waals surface area contributed by atoms with Crippen molar-refractivity contribution >= 4 is 35.2 Å². The van der Waals surface area contributed by atoms with Gasteiger partial charge in [-0.1, -0.05) is 71.1 Å². The number of hydrogen-bond donors (Lipinski definition) is 5. The first-order valence-corrected chi connectivity index (χ1v) is 26.5. The van der Waals surface area contributed by atoms with Crippen molar-refractivity contribution in [2.75, 3.05) is 40.6 Å². The lowest BCUT2D eigenvalue weighted by molar-refractivity contribution is -0.265. The summed E-state index contributed by atoms with van der Waals surface area (Å²) in [5, 5.41) is 53.5. The highest BCUT2D eigenvalue weighted by Crippen LogP contribution is 2.38. The van der Waals surface area contributed by atoms with Gasteiger partial charge in [-0.3, -0.25) is 24.0 Å². The molecule has 2 saturated heterocycles. The third kappa shape index (κ3) is 16.0. The van der Waals surface area contributed by atoms with Crippen LogP contribution in [0.25, 0.3) is 0 Å². The molecule has 0 radical (unpaired) electrons. The average Bonchev–Trinajstić information content (AvgIpc) is 3.37. The lowest BCUT2D eigenvalue weighted by Crippen LogP contribution is -2.61. The number of amides is 1. The molecule has 412 valence electrons. The molecule has 4 aliphatic rings. The monoisotopic (exact) mass is 1030 g/mol. The van der Waals surface area contributed by atoms with Crippen molar-refractivity contribution in [3.63, 3.8) is 0 Å². The summed E-state index contributed by atoms with van der Waals surface area (Å²) < 4.78 is 29.8. The molecule has 5 N–H and O–H groups in total. The smallest absolute Gasteiger partial charge is 0.329 e. The number of ether oxygens (including phenoxy) is 5. The second kappa shape index (κ2) is 28.3. The predicted octanol–water partition coefficient (Wildman–Crippen LogP) is 5.32. The molecule has 15 atom stereocenters. The van der Waals surface area contributed by atoms with E-state index in [0.29, 0.717) is 57.8 Å². The Bertz CT molecular complexity index is 2010. The van der Waals surface area contributed by atoms with Crippen LogP contribution in [0.15, 0.2) is 47.6 Å². The summed E-state index contributed by atoms with van der Waals surface area (Å²) in [7, 11) is 3.06. The van der Waals surface area contributed by atoms with E-state index in [-0.39, 0.29) is 49.0 Å². The van der Waals surface area contributed by atoms with Crippen LogP contribution in [0.5, 0.6) is 0 Å². The molecule has 2 bridgehead atoms. The number of hydrogen-bond acceptors (Lipinski definition) is 16. The van der Waals surface area contributed by atoms with Crippen LogP contribution in [0.2, 0.25) is 0 Å². The van der Waals surface area contributed by atoms with E-state index in [1.54, 1.807) is 40.9 Å². The summed E-state index contributed by atoms with van der Waals surface area (Å²) in [4.78, 5) is 85.3. The van der Waals surface area contributed by atoms with Gasteiger partial charge in [-0.2, -0.15) is 0 Å². The van der Waals surface area contributed by atoms with Gasteiger partial charge in [0.05, 0.1) is 50.2 Å². The number of cyclic esters (lactones) is 1. The van der Waals surface area contributed by atoms with Crippen LogP contribution >= 0.6 is 0 Å². The van der Waals surface area contributed by atoms with Gasteiger partial charge in [0.25, 0.3) is 11.7 Å². The van der Waals surface area contributed by atoms with E-state index in [9.17, 15) is 54.3 Å². The van der Waals surface area contributed by atoms with Gasteiger partial charge in [0.1, 0.15) is 29.4 Å². The highest BCUT2D eigenvalue weighted by atomic mass is 16.6. The molecule has 17 nitrogen and oxygen atoms in total. The molecule has 0 aromatic carbocycles. The second-order valence-electron chi connectivity index (χ2n) is 22.0. The van der Waals surface area contributed by atoms with E-state index < -0.39 is 133 Å². The van der Waals surface area contributed by atoms with Crippen molar-refractivity contribution in [3.8, 4) is 0 Å². The summed E-state index contributed by atoms with van der Waals surface area (Å²) >= 11 is 0. The third-order valence-corrected chi connectivity index (χ3v) is 16.0. The van der Waals surface area contributed by atoms with E-state index in [1.807, 2.05) is 51.2 Å². The highest BCUT2D eigenvalue weighted by Gasteiger charge is 2.53. The number of ketones is 3. The molecule has 1 amide bonds. The van der Waals surface area contributed by atoms with E-state index in [0.717, 1.165) is 10.5 Å². The minimum absolute atomic E-state index is 0.0304. The second-order valence-corrected chi connectivity index (χ2v) is 22.0. The molecule has 0 spiro atoms. The number of esters is 2.